The van der Waals surface area contributed by atoms with Crippen molar-refractivity contribution < 1.29 is 0 Å². The lowest BCUT2D eigenvalue weighted by atomic mass is 10.1. The molecule has 5 rings (SSSR count). The van der Waals surface area contributed by atoms with Crippen molar-refractivity contribution in [2.24, 2.45) is 11.8 Å². The number of aromatic amines is 1. The number of nitrogens with zero attached hydrogens (tertiary/aromatic N) is 4. The van der Waals surface area contributed by atoms with Gasteiger partial charge in [-0.25, -0.2) is 9.97 Å². The number of H-pyrrole nitrogens is 1. The van der Waals surface area contributed by atoms with Crippen LogP contribution < -0.4 is 4.90 Å². The lowest BCUT2D eigenvalue weighted by Crippen LogP contribution is -2.22. The number of halogens is 2. The Balaban J connectivity index is 1.57. The molecule has 7 heteroatoms. The second-order valence-electron chi connectivity index (χ2n) is 6.26. The minimum atomic E-state index is 0.480. The molecule has 2 atom stereocenters. The summed E-state index contributed by atoms with van der Waals surface area (Å²) < 4.78 is 0. The van der Waals surface area contributed by atoms with E-state index in [1.807, 2.05) is 18.3 Å². The van der Waals surface area contributed by atoms with E-state index in [2.05, 4.69) is 25.1 Å². The van der Waals surface area contributed by atoms with Gasteiger partial charge in [-0.1, -0.05) is 35.3 Å². The third-order valence-electron chi connectivity index (χ3n) is 4.77. The Bertz CT molecular complexity index is 912. The van der Waals surface area contributed by atoms with Gasteiger partial charge in [0.15, 0.2) is 5.65 Å². The molecule has 1 aromatic carbocycles. The number of nitrogens with one attached hydrogen (secondary N) is 1. The lowest BCUT2D eigenvalue weighted by molar-refractivity contribution is 0.804. The van der Waals surface area contributed by atoms with Crippen LogP contribution in [0.1, 0.15) is 6.42 Å². The van der Waals surface area contributed by atoms with Gasteiger partial charge in [0.1, 0.15) is 17.0 Å². The van der Waals surface area contributed by atoms with Gasteiger partial charge in [-0.2, -0.15) is 5.10 Å². The number of piperidine rings is 1. The lowest BCUT2D eigenvalue weighted by Gasteiger charge is -2.18. The molecule has 2 unspecified atom stereocenters. The highest BCUT2D eigenvalue weighted by Crippen LogP contribution is 2.46. The van der Waals surface area contributed by atoms with Crippen molar-refractivity contribution in [2.75, 3.05) is 18.0 Å². The Labute approximate surface area is 142 Å². The summed E-state index contributed by atoms with van der Waals surface area (Å²) in [5.41, 5.74) is 2.82. The van der Waals surface area contributed by atoms with Gasteiger partial charge in [-0.3, -0.25) is 5.10 Å². The molecular formula is C16H13Cl2N5. The minimum Gasteiger partial charge on any atom is -0.355 e. The van der Waals surface area contributed by atoms with Crippen molar-refractivity contribution in [3.05, 3.63) is 34.4 Å². The van der Waals surface area contributed by atoms with E-state index in [0.717, 1.165) is 36.3 Å². The van der Waals surface area contributed by atoms with Crippen LogP contribution in [-0.2, 0) is 0 Å². The van der Waals surface area contributed by atoms with Crippen LogP contribution in [0.15, 0.2) is 24.4 Å². The van der Waals surface area contributed by atoms with Crippen molar-refractivity contribution >= 4 is 40.2 Å². The Morgan fingerprint density at radius 2 is 2.00 bits per heavy atom. The molecule has 3 heterocycles. The zero-order chi connectivity index (χ0) is 15.6. The number of aromatic nitrogens is 4. The molecule has 0 bridgehead atoms. The van der Waals surface area contributed by atoms with Crippen LogP contribution >= 0.6 is 23.2 Å². The molecule has 1 aliphatic carbocycles. The van der Waals surface area contributed by atoms with Gasteiger partial charge in [-0.05, 0) is 24.3 Å². The zero-order valence-corrected chi connectivity index (χ0v) is 13.6. The highest BCUT2D eigenvalue weighted by atomic mass is 35.5. The molecule has 0 spiro atoms. The second kappa shape index (κ2) is 4.82. The summed E-state index contributed by atoms with van der Waals surface area (Å²) >= 11 is 12.4. The summed E-state index contributed by atoms with van der Waals surface area (Å²) in [6.07, 6.45) is 3.19. The van der Waals surface area contributed by atoms with Crippen molar-refractivity contribution in [2.45, 2.75) is 6.42 Å². The van der Waals surface area contributed by atoms with E-state index in [1.165, 1.54) is 6.42 Å². The number of anilines is 1. The second-order valence-corrected chi connectivity index (χ2v) is 7.05. The van der Waals surface area contributed by atoms with Crippen LogP contribution in [0.4, 0.5) is 5.82 Å². The van der Waals surface area contributed by atoms with E-state index in [9.17, 15) is 0 Å². The predicted octanol–water partition coefficient (Wildman–Crippen LogP) is 3.78. The van der Waals surface area contributed by atoms with Gasteiger partial charge in [0.05, 0.1) is 16.2 Å². The Morgan fingerprint density at radius 1 is 1.17 bits per heavy atom. The smallest absolute Gasteiger partial charge is 0.177 e. The average molecular weight is 346 g/mol. The first kappa shape index (κ1) is 13.6. The topological polar surface area (TPSA) is 57.7 Å². The standard InChI is InChI=1S/C16H13Cl2N5/c17-11-3-1-2-10(13(11)18)14-15-16(22-21-14)20-12(5-19-15)23-6-8-4-9(8)7-23/h1-3,5,8-9H,4,6-7H2,(H,20,21,22). The molecule has 0 radical (unpaired) electrons. The minimum absolute atomic E-state index is 0.480. The molecule has 2 aromatic heterocycles. The first-order chi connectivity index (χ1) is 11.2. The molecule has 3 aromatic rings. The fraction of sp³-hybridized carbons (Fsp3) is 0.312. The largest absolute Gasteiger partial charge is 0.355 e. The zero-order valence-electron chi connectivity index (χ0n) is 12.1. The van der Waals surface area contributed by atoms with Gasteiger partial charge in [0.25, 0.3) is 0 Å². The van der Waals surface area contributed by atoms with Gasteiger partial charge < -0.3 is 4.90 Å². The number of rotatable bonds is 2. The van der Waals surface area contributed by atoms with Crippen molar-refractivity contribution in [1.82, 2.24) is 20.2 Å². The van der Waals surface area contributed by atoms with Gasteiger partial charge in [0.2, 0.25) is 0 Å². The van der Waals surface area contributed by atoms with Crippen LogP contribution in [0.25, 0.3) is 22.4 Å². The summed E-state index contributed by atoms with van der Waals surface area (Å²) in [7, 11) is 0. The average Bonchev–Trinajstić information content (AvgIpc) is 2.98. The van der Waals surface area contributed by atoms with E-state index in [-0.39, 0.29) is 0 Å². The van der Waals surface area contributed by atoms with Crippen LogP contribution in [0.5, 0.6) is 0 Å². The van der Waals surface area contributed by atoms with Crippen molar-refractivity contribution in [3.8, 4) is 11.3 Å². The normalized spacial score (nSPS) is 22.6. The molecule has 116 valence electrons. The van der Waals surface area contributed by atoms with Crippen molar-refractivity contribution in [3.63, 3.8) is 0 Å². The number of hydrogen-bond donors (Lipinski definition) is 1. The maximum atomic E-state index is 6.30. The number of hydrogen-bond acceptors (Lipinski definition) is 4. The maximum absolute atomic E-state index is 6.30. The van der Waals surface area contributed by atoms with E-state index in [1.54, 1.807) is 6.07 Å². The highest BCUT2D eigenvalue weighted by Gasteiger charge is 2.45. The fourth-order valence-electron chi connectivity index (χ4n) is 3.40. The summed E-state index contributed by atoms with van der Waals surface area (Å²) in [6, 6.07) is 5.49. The van der Waals surface area contributed by atoms with Gasteiger partial charge in [-0.15, -0.1) is 0 Å². The number of fused-ring (bicyclic) bond motifs is 2. The molecule has 2 fully saturated rings. The van der Waals surface area contributed by atoms with Crippen LogP contribution in [0, 0.1) is 11.8 Å². The first-order valence-corrected chi connectivity index (χ1v) is 8.37. The quantitative estimate of drug-likeness (QED) is 0.767. The van der Waals surface area contributed by atoms with Crippen LogP contribution in [-0.4, -0.2) is 33.3 Å². The molecule has 1 N–H and O–H groups in total. The summed E-state index contributed by atoms with van der Waals surface area (Å²) in [5.74, 6) is 2.63. The van der Waals surface area contributed by atoms with Crippen LogP contribution in [0.3, 0.4) is 0 Å². The van der Waals surface area contributed by atoms with Gasteiger partial charge in [0, 0.05) is 18.7 Å². The third-order valence-corrected chi connectivity index (χ3v) is 5.59. The molecular weight excluding hydrogens is 333 g/mol. The molecule has 1 aliphatic heterocycles. The number of benzene rings is 1. The summed E-state index contributed by atoms with van der Waals surface area (Å²) in [5, 5.41) is 8.30. The summed E-state index contributed by atoms with van der Waals surface area (Å²) in [6.45, 7) is 2.18. The van der Waals surface area contributed by atoms with E-state index >= 15 is 0 Å². The Kier molecular flexibility index (Phi) is 2.85. The first-order valence-electron chi connectivity index (χ1n) is 7.61. The van der Waals surface area contributed by atoms with E-state index in [0.29, 0.717) is 26.9 Å². The van der Waals surface area contributed by atoms with Gasteiger partial charge >= 0.3 is 0 Å². The monoisotopic (exact) mass is 345 g/mol. The predicted molar refractivity (Wildman–Crippen MR) is 90.9 cm³/mol. The van der Waals surface area contributed by atoms with E-state index < -0.39 is 0 Å². The molecule has 2 aliphatic rings. The SMILES string of the molecule is Clc1cccc(-c2n[nH]c3nc(N4CC5CC5C4)cnc23)c1Cl. The molecule has 0 amide bonds. The van der Waals surface area contributed by atoms with Crippen LogP contribution in [0.2, 0.25) is 10.0 Å². The summed E-state index contributed by atoms with van der Waals surface area (Å²) in [4.78, 5) is 11.6. The maximum Gasteiger partial charge on any atom is 0.177 e. The van der Waals surface area contributed by atoms with Crippen molar-refractivity contribution in [1.29, 1.82) is 0 Å². The molecule has 1 saturated heterocycles. The highest BCUT2D eigenvalue weighted by molar-refractivity contribution is 6.43. The Morgan fingerprint density at radius 3 is 2.83 bits per heavy atom. The third kappa shape index (κ3) is 2.11. The Hall–Kier alpha value is -1.85. The molecule has 1 saturated carbocycles. The molecule has 5 nitrogen and oxygen atoms in total. The molecule has 23 heavy (non-hydrogen) atoms. The van der Waals surface area contributed by atoms with E-state index in [4.69, 9.17) is 23.2 Å². The fourth-order valence-corrected chi connectivity index (χ4v) is 3.79.